The SMILES string of the molecule is CC(C)c1nc(C(=O)NCC(C)(C)N2CCOCC2)n[nH]1. The van der Waals surface area contributed by atoms with Crippen LogP contribution in [0.25, 0.3) is 0 Å². The summed E-state index contributed by atoms with van der Waals surface area (Å²) in [6.07, 6.45) is 0. The lowest BCUT2D eigenvalue weighted by atomic mass is 10.0. The number of aromatic nitrogens is 3. The molecule has 1 saturated heterocycles. The highest BCUT2D eigenvalue weighted by Crippen LogP contribution is 2.15. The summed E-state index contributed by atoms with van der Waals surface area (Å²) in [4.78, 5) is 18.6. The fourth-order valence-corrected chi connectivity index (χ4v) is 2.29. The predicted octanol–water partition coefficient (Wildman–Crippen LogP) is 0.769. The number of carbonyl (C=O) groups is 1. The highest BCUT2D eigenvalue weighted by molar-refractivity contribution is 5.90. The molecular formula is C14H25N5O2. The van der Waals surface area contributed by atoms with Gasteiger partial charge in [-0.2, -0.15) is 0 Å². The van der Waals surface area contributed by atoms with Crippen LogP contribution in [0.15, 0.2) is 0 Å². The van der Waals surface area contributed by atoms with Gasteiger partial charge >= 0.3 is 0 Å². The van der Waals surface area contributed by atoms with Crippen LogP contribution in [0.3, 0.4) is 0 Å². The summed E-state index contributed by atoms with van der Waals surface area (Å²) in [5.41, 5.74) is -0.114. The minimum absolute atomic E-state index is 0.114. The van der Waals surface area contributed by atoms with Crippen LogP contribution in [0.1, 0.15) is 50.1 Å². The topological polar surface area (TPSA) is 83.1 Å². The van der Waals surface area contributed by atoms with Crippen molar-refractivity contribution in [3.8, 4) is 0 Å². The molecule has 0 unspecified atom stereocenters. The second-order valence-electron chi connectivity index (χ2n) is 6.29. The average molecular weight is 295 g/mol. The zero-order chi connectivity index (χ0) is 15.5. The van der Waals surface area contributed by atoms with Crippen molar-refractivity contribution in [3.05, 3.63) is 11.6 Å². The Labute approximate surface area is 125 Å². The molecule has 1 aromatic heterocycles. The van der Waals surface area contributed by atoms with E-state index in [1.165, 1.54) is 0 Å². The number of hydrogen-bond donors (Lipinski definition) is 2. The van der Waals surface area contributed by atoms with Gasteiger partial charge in [0.1, 0.15) is 5.82 Å². The van der Waals surface area contributed by atoms with Crippen molar-refractivity contribution < 1.29 is 9.53 Å². The minimum Gasteiger partial charge on any atom is -0.379 e. The van der Waals surface area contributed by atoms with Crippen LogP contribution >= 0.6 is 0 Å². The molecule has 1 aliphatic rings. The van der Waals surface area contributed by atoms with Gasteiger partial charge < -0.3 is 10.1 Å². The summed E-state index contributed by atoms with van der Waals surface area (Å²) >= 11 is 0. The van der Waals surface area contributed by atoms with E-state index in [1.807, 2.05) is 13.8 Å². The highest BCUT2D eigenvalue weighted by Gasteiger charge is 2.29. The van der Waals surface area contributed by atoms with Crippen molar-refractivity contribution in [2.24, 2.45) is 0 Å². The van der Waals surface area contributed by atoms with Gasteiger partial charge in [0.25, 0.3) is 5.91 Å². The van der Waals surface area contributed by atoms with Crippen LogP contribution in [0, 0.1) is 0 Å². The van der Waals surface area contributed by atoms with Gasteiger partial charge in [0, 0.05) is 31.1 Å². The lowest BCUT2D eigenvalue weighted by molar-refractivity contribution is -0.00926. The maximum absolute atomic E-state index is 12.1. The van der Waals surface area contributed by atoms with Crippen LogP contribution in [0.2, 0.25) is 0 Å². The van der Waals surface area contributed by atoms with Crippen molar-refractivity contribution in [2.45, 2.75) is 39.2 Å². The molecule has 2 rings (SSSR count). The first-order valence-corrected chi connectivity index (χ1v) is 7.43. The molecule has 1 aliphatic heterocycles. The predicted molar refractivity (Wildman–Crippen MR) is 79.3 cm³/mol. The Hall–Kier alpha value is -1.47. The quantitative estimate of drug-likeness (QED) is 0.838. The van der Waals surface area contributed by atoms with Crippen molar-refractivity contribution in [1.82, 2.24) is 25.4 Å². The number of aromatic amines is 1. The molecule has 0 radical (unpaired) electrons. The Morgan fingerprint density at radius 3 is 2.67 bits per heavy atom. The van der Waals surface area contributed by atoms with Gasteiger partial charge in [0.15, 0.2) is 0 Å². The summed E-state index contributed by atoms with van der Waals surface area (Å²) in [7, 11) is 0. The highest BCUT2D eigenvalue weighted by atomic mass is 16.5. The van der Waals surface area contributed by atoms with Crippen molar-refractivity contribution in [3.63, 3.8) is 0 Å². The average Bonchev–Trinajstić information content (AvgIpc) is 2.96. The third-order valence-corrected chi connectivity index (χ3v) is 3.80. The molecule has 1 fully saturated rings. The summed E-state index contributed by atoms with van der Waals surface area (Å²) in [5, 5.41) is 9.69. The number of rotatable bonds is 5. The van der Waals surface area contributed by atoms with Crippen LogP contribution < -0.4 is 5.32 Å². The normalized spacial score (nSPS) is 17.2. The number of amides is 1. The molecule has 7 nitrogen and oxygen atoms in total. The molecule has 0 atom stereocenters. The van der Waals surface area contributed by atoms with Gasteiger partial charge in [-0.1, -0.05) is 13.8 Å². The van der Waals surface area contributed by atoms with E-state index in [-0.39, 0.29) is 23.2 Å². The minimum atomic E-state index is -0.237. The molecule has 0 bridgehead atoms. The zero-order valence-corrected chi connectivity index (χ0v) is 13.3. The molecule has 1 amide bonds. The van der Waals surface area contributed by atoms with Gasteiger partial charge in [-0.3, -0.25) is 14.8 Å². The van der Waals surface area contributed by atoms with Crippen LogP contribution in [-0.4, -0.2) is 64.4 Å². The molecule has 21 heavy (non-hydrogen) atoms. The van der Waals surface area contributed by atoms with E-state index in [2.05, 4.69) is 39.2 Å². The van der Waals surface area contributed by atoms with Crippen molar-refractivity contribution in [2.75, 3.05) is 32.8 Å². The first-order valence-electron chi connectivity index (χ1n) is 7.43. The Morgan fingerprint density at radius 2 is 2.10 bits per heavy atom. The standard InChI is InChI=1S/C14H25N5O2/c1-10(2)11-16-12(18-17-11)13(20)15-9-14(3,4)19-5-7-21-8-6-19/h10H,5-9H2,1-4H3,(H,15,20)(H,16,17,18). The monoisotopic (exact) mass is 295 g/mol. The fraction of sp³-hybridized carbons (Fsp3) is 0.786. The second kappa shape index (κ2) is 6.53. The third-order valence-electron chi connectivity index (χ3n) is 3.80. The summed E-state index contributed by atoms with van der Waals surface area (Å²) in [6.45, 7) is 12.1. The Balaban J connectivity index is 1.90. The van der Waals surface area contributed by atoms with Gasteiger partial charge in [0.05, 0.1) is 13.2 Å². The van der Waals surface area contributed by atoms with Crippen molar-refractivity contribution >= 4 is 5.91 Å². The summed E-state index contributed by atoms with van der Waals surface area (Å²) in [6, 6.07) is 0. The second-order valence-corrected chi connectivity index (χ2v) is 6.29. The van der Waals surface area contributed by atoms with E-state index in [4.69, 9.17) is 4.74 Å². The molecule has 0 saturated carbocycles. The van der Waals surface area contributed by atoms with Crippen molar-refractivity contribution in [1.29, 1.82) is 0 Å². The number of nitrogens with one attached hydrogen (secondary N) is 2. The maximum atomic E-state index is 12.1. The van der Waals surface area contributed by atoms with Crippen LogP contribution in [-0.2, 0) is 4.74 Å². The lowest BCUT2D eigenvalue weighted by Crippen LogP contribution is -2.55. The smallest absolute Gasteiger partial charge is 0.291 e. The number of H-pyrrole nitrogens is 1. The molecule has 1 aromatic rings. The molecule has 7 heteroatoms. The molecule has 0 spiro atoms. The zero-order valence-electron chi connectivity index (χ0n) is 13.3. The van der Waals surface area contributed by atoms with Crippen LogP contribution in [0.4, 0.5) is 0 Å². The molecule has 0 aliphatic carbocycles. The first kappa shape index (κ1) is 15.9. The maximum Gasteiger partial charge on any atom is 0.291 e. The largest absolute Gasteiger partial charge is 0.379 e. The van der Waals surface area contributed by atoms with Gasteiger partial charge in [-0.05, 0) is 13.8 Å². The van der Waals surface area contributed by atoms with E-state index >= 15 is 0 Å². The van der Waals surface area contributed by atoms with Crippen LogP contribution in [0.5, 0.6) is 0 Å². The Bertz CT molecular complexity index is 477. The van der Waals surface area contributed by atoms with E-state index in [0.29, 0.717) is 6.54 Å². The summed E-state index contributed by atoms with van der Waals surface area (Å²) < 4.78 is 5.36. The molecule has 0 aromatic carbocycles. The van der Waals surface area contributed by atoms with E-state index in [0.717, 1.165) is 32.1 Å². The van der Waals surface area contributed by atoms with E-state index in [9.17, 15) is 4.79 Å². The first-order chi connectivity index (χ1) is 9.90. The number of nitrogens with zero attached hydrogens (tertiary/aromatic N) is 3. The summed E-state index contributed by atoms with van der Waals surface area (Å²) in [5.74, 6) is 0.924. The number of ether oxygens (including phenoxy) is 1. The number of hydrogen-bond acceptors (Lipinski definition) is 5. The number of morpholine rings is 1. The van der Waals surface area contributed by atoms with E-state index in [1.54, 1.807) is 0 Å². The van der Waals surface area contributed by atoms with Gasteiger partial charge in [0.2, 0.25) is 5.82 Å². The fourth-order valence-electron chi connectivity index (χ4n) is 2.29. The Kier molecular flexibility index (Phi) is 4.95. The molecular weight excluding hydrogens is 270 g/mol. The van der Waals surface area contributed by atoms with E-state index < -0.39 is 0 Å². The Morgan fingerprint density at radius 1 is 1.43 bits per heavy atom. The molecule has 2 heterocycles. The number of carbonyl (C=O) groups excluding carboxylic acids is 1. The van der Waals surface area contributed by atoms with Gasteiger partial charge in [-0.15, -0.1) is 5.10 Å². The molecule has 118 valence electrons. The van der Waals surface area contributed by atoms with Gasteiger partial charge in [-0.25, -0.2) is 4.98 Å². The third kappa shape index (κ3) is 4.01. The lowest BCUT2D eigenvalue weighted by Gasteiger charge is -2.40. The molecule has 2 N–H and O–H groups in total.